The number of hydrogen-bond acceptors (Lipinski definition) is 7. The molecule has 1 N–H and O–H groups in total. The van der Waals surface area contributed by atoms with Crippen LogP contribution in [0.25, 0.3) is 0 Å². The Balaban J connectivity index is 1.33. The van der Waals surface area contributed by atoms with Gasteiger partial charge in [-0.05, 0) is 61.4 Å². The minimum absolute atomic E-state index is 0.162. The van der Waals surface area contributed by atoms with Gasteiger partial charge in [0.1, 0.15) is 5.75 Å². The van der Waals surface area contributed by atoms with Gasteiger partial charge in [-0.3, -0.25) is 4.79 Å². The summed E-state index contributed by atoms with van der Waals surface area (Å²) in [4.78, 5) is 13.1. The first-order chi connectivity index (χ1) is 16.7. The van der Waals surface area contributed by atoms with Crippen LogP contribution in [0.4, 0.5) is 5.69 Å². The molecule has 1 amide bonds. The summed E-state index contributed by atoms with van der Waals surface area (Å²) in [5.41, 5.74) is 0.490. The van der Waals surface area contributed by atoms with Gasteiger partial charge in [-0.25, -0.2) is 16.8 Å². The van der Waals surface area contributed by atoms with Crippen molar-refractivity contribution in [1.29, 1.82) is 0 Å². The highest BCUT2D eigenvalue weighted by molar-refractivity contribution is 7.89. The third-order valence-corrected chi connectivity index (χ3v) is 10.1. The highest BCUT2D eigenvalue weighted by atomic mass is 32.2. The summed E-state index contributed by atoms with van der Waals surface area (Å²) in [6.07, 6.45) is 0.787. The molecule has 0 atom stereocenters. The van der Waals surface area contributed by atoms with Crippen LogP contribution in [0.15, 0.2) is 58.3 Å². The molecule has 4 rings (SSSR count). The van der Waals surface area contributed by atoms with Gasteiger partial charge in [0.2, 0.25) is 26.0 Å². The summed E-state index contributed by atoms with van der Waals surface area (Å²) in [7, 11) is -5.73. The van der Waals surface area contributed by atoms with Gasteiger partial charge in [-0.1, -0.05) is 0 Å². The maximum atomic E-state index is 12.9. The van der Waals surface area contributed by atoms with E-state index < -0.39 is 20.0 Å². The van der Waals surface area contributed by atoms with Crippen LogP contribution in [-0.4, -0.2) is 77.9 Å². The number of amides is 1. The molecule has 35 heavy (non-hydrogen) atoms. The van der Waals surface area contributed by atoms with Crippen molar-refractivity contribution in [2.75, 3.05) is 51.8 Å². The fourth-order valence-corrected chi connectivity index (χ4v) is 7.02. The second kappa shape index (κ2) is 10.6. The van der Waals surface area contributed by atoms with Gasteiger partial charge < -0.3 is 14.8 Å². The third kappa shape index (κ3) is 5.67. The average molecular weight is 524 g/mol. The molecule has 190 valence electrons. The van der Waals surface area contributed by atoms with Crippen molar-refractivity contribution in [2.45, 2.75) is 22.6 Å². The molecule has 10 nitrogen and oxygen atoms in total. The largest absolute Gasteiger partial charge is 0.497 e. The highest BCUT2D eigenvalue weighted by Crippen LogP contribution is 2.26. The normalized spacial score (nSPS) is 18.8. The molecule has 2 aliphatic heterocycles. The van der Waals surface area contributed by atoms with E-state index in [1.807, 2.05) is 0 Å². The van der Waals surface area contributed by atoms with Crippen LogP contribution < -0.4 is 10.1 Å². The van der Waals surface area contributed by atoms with Crippen LogP contribution in [0.5, 0.6) is 5.75 Å². The van der Waals surface area contributed by atoms with Crippen LogP contribution in [0, 0.1) is 5.92 Å². The van der Waals surface area contributed by atoms with Crippen LogP contribution >= 0.6 is 0 Å². The molecule has 0 radical (unpaired) electrons. The second-order valence-electron chi connectivity index (χ2n) is 8.38. The number of nitrogens with one attached hydrogen (secondary N) is 1. The van der Waals surface area contributed by atoms with E-state index in [1.165, 1.54) is 40.0 Å². The van der Waals surface area contributed by atoms with E-state index in [0.29, 0.717) is 50.6 Å². The van der Waals surface area contributed by atoms with Gasteiger partial charge in [0.05, 0.1) is 30.1 Å². The molecule has 2 aromatic rings. The Morgan fingerprint density at radius 3 is 1.83 bits per heavy atom. The summed E-state index contributed by atoms with van der Waals surface area (Å²) in [5.74, 6) is 0.0235. The quantitative estimate of drug-likeness (QED) is 0.587. The number of anilines is 1. The number of carbonyl (C=O) groups excluding carboxylic acids is 1. The maximum absolute atomic E-state index is 12.9. The van der Waals surface area contributed by atoms with Gasteiger partial charge in [0, 0.05) is 37.8 Å². The van der Waals surface area contributed by atoms with Crippen molar-refractivity contribution in [3.8, 4) is 5.75 Å². The Bertz CT molecular complexity index is 1230. The van der Waals surface area contributed by atoms with Gasteiger partial charge in [-0.2, -0.15) is 8.61 Å². The summed E-state index contributed by atoms with van der Waals surface area (Å²) < 4.78 is 64.4. The summed E-state index contributed by atoms with van der Waals surface area (Å²) in [5, 5.41) is 2.82. The zero-order valence-electron chi connectivity index (χ0n) is 19.4. The lowest BCUT2D eigenvalue weighted by molar-refractivity contribution is -0.120. The van der Waals surface area contributed by atoms with E-state index in [0.717, 1.165) is 0 Å². The average Bonchev–Trinajstić information content (AvgIpc) is 2.89. The summed E-state index contributed by atoms with van der Waals surface area (Å²) in [6, 6.07) is 12.3. The fraction of sp³-hybridized carbons (Fsp3) is 0.435. The molecule has 2 fully saturated rings. The Morgan fingerprint density at radius 2 is 1.31 bits per heavy atom. The molecule has 0 unspecified atom stereocenters. The number of piperidine rings is 1. The number of rotatable bonds is 7. The van der Waals surface area contributed by atoms with Crippen molar-refractivity contribution in [3.05, 3.63) is 48.5 Å². The van der Waals surface area contributed by atoms with Crippen molar-refractivity contribution in [1.82, 2.24) is 8.61 Å². The molecule has 2 heterocycles. The fourth-order valence-electron chi connectivity index (χ4n) is 4.15. The maximum Gasteiger partial charge on any atom is 0.243 e. The van der Waals surface area contributed by atoms with E-state index in [2.05, 4.69) is 5.32 Å². The third-order valence-electron chi connectivity index (χ3n) is 6.25. The lowest BCUT2D eigenvalue weighted by Crippen LogP contribution is -2.41. The summed E-state index contributed by atoms with van der Waals surface area (Å²) >= 11 is 0. The van der Waals surface area contributed by atoms with E-state index in [4.69, 9.17) is 9.47 Å². The predicted octanol–water partition coefficient (Wildman–Crippen LogP) is 1.76. The molecule has 2 aliphatic rings. The first-order valence-electron chi connectivity index (χ1n) is 11.3. The Hall–Kier alpha value is -2.51. The van der Waals surface area contributed by atoms with Crippen molar-refractivity contribution in [3.63, 3.8) is 0 Å². The first-order valence-corrected chi connectivity index (χ1v) is 14.2. The molecular formula is C23H29N3O7S2. The number of morpholine rings is 1. The number of benzene rings is 2. The molecule has 0 aliphatic carbocycles. The Labute approximate surface area is 205 Å². The number of ether oxygens (including phenoxy) is 2. The number of carbonyl (C=O) groups is 1. The minimum atomic E-state index is -3.65. The van der Waals surface area contributed by atoms with Crippen LogP contribution in [0.1, 0.15) is 12.8 Å². The lowest BCUT2D eigenvalue weighted by Gasteiger charge is -2.30. The molecule has 0 spiro atoms. The molecule has 2 saturated heterocycles. The Kier molecular flexibility index (Phi) is 7.77. The monoisotopic (exact) mass is 523 g/mol. The molecule has 0 saturated carbocycles. The van der Waals surface area contributed by atoms with Crippen LogP contribution in [-0.2, 0) is 29.6 Å². The minimum Gasteiger partial charge on any atom is -0.497 e. The van der Waals surface area contributed by atoms with Gasteiger partial charge in [0.15, 0.2) is 0 Å². The highest BCUT2D eigenvalue weighted by Gasteiger charge is 2.32. The SMILES string of the molecule is COc1ccc(S(=O)(=O)N2CCC(C(=O)Nc3ccc(S(=O)(=O)N4CCOCC4)cc3)CC2)cc1. The van der Waals surface area contributed by atoms with Gasteiger partial charge >= 0.3 is 0 Å². The number of methoxy groups -OCH3 is 1. The molecule has 2 aromatic carbocycles. The molecule has 12 heteroatoms. The topological polar surface area (TPSA) is 122 Å². The van der Waals surface area contributed by atoms with Crippen LogP contribution in [0.2, 0.25) is 0 Å². The van der Waals surface area contributed by atoms with E-state index in [1.54, 1.807) is 24.3 Å². The lowest BCUT2D eigenvalue weighted by atomic mass is 9.97. The van der Waals surface area contributed by atoms with E-state index in [-0.39, 0.29) is 34.7 Å². The van der Waals surface area contributed by atoms with E-state index in [9.17, 15) is 21.6 Å². The standard InChI is InChI=1S/C23H29N3O7S2/c1-32-20-4-8-22(9-5-20)34(28,29)25-12-10-18(11-13-25)23(27)24-19-2-6-21(7-3-19)35(30,31)26-14-16-33-17-15-26/h2-9,18H,10-17H2,1H3,(H,24,27). The van der Waals surface area contributed by atoms with Gasteiger partial charge in [-0.15, -0.1) is 0 Å². The Morgan fingerprint density at radius 1 is 0.829 bits per heavy atom. The summed E-state index contributed by atoms with van der Waals surface area (Å²) in [6.45, 7) is 1.84. The van der Waals surface area contributed by atoms with Crippen molar-refractivity contribution < 1.29 is 31.1 Å². The zero-order valence-corrected chi connectivity index (χ0v) is 21.1. The number of sulfonamides is 2. The van der Waals surface area contributed by atoms with Crippen molar-refractivity contribution in [2.24, 2.45) is 5.92 Å². The predicted molar refractivity (Wildman–Crippen MR) is 129 cm³/mol. The number of nitrogens with zero attached hydrogens (tertiary/aromatic N) is 2. The zero-order chi connectivity index (χ0) is 25.1. The number of hydrogen-bond donors (Lipinski definition) is 1. The second-order valence-corrected chi connectivity index (χ2v) is 12.3. The molecule has 0 aromatic heterocycles. The molecular weight excluding hydrogens is 494 g/mol. The first kappa shape index (κ1) is 25.6. The van der Waals surface area contributed by atoms with E-state index >= 15 is 0 Å². The van der Waals surface area contributed by atoms with Crippen molar-refractivity contribution >= 4 is 31.6 Å². The van der Waals surface area contributed by atoms with Crippen LogP contribution in [0.3, 0.4) is 0 Å². The molecule has 0 bridgehead atoms. The van der Waals surface area contributed by atoms with Gasteiger partial charge in [0.25, 0.3) is 0 Å². The smallest absolute Gasteiger partial charge is 0.243 e.